The maximum atomic E-state index is 12.5. The molecule has 0 amide bonds. The van der Waals surface area contributed by atoms with Crippen LogP contribution in [0.25, 0.3) is 0 Å². The Bertz CT molecular complexity index is 160. The molecule has 3 heteroatoms. The fourth-order valence-electron chi connectivity index (χ4n) is 1.51. The molecule has 0 aromatic heterocycles. The minimum atomic E-state index is -0.276. The normalized spacial score (nSPS) is 13.4. The van der Waals surface area contributed by atoms with Gasteiger partial charge >= 0.3 is 5.97 Å². The monoisotopic (exact) mass is 234 g/mol. The number of ether oxygens (including phenoxy) is 1. The summed E-state index contributed by atoms with van der Waals surface area (Å²) < 4.78 is 17.1. The highest BCUT2D eigenvalue weighted by molar-refractivity contribution is 5.71. The highest BCUT2D eigenvalue weighted by Crippen LogP contribution is 2.18. The summed E-state index contributed by atoms with van der Waals surface area (Å²) in [5.74, 6) is -0.183. The molecule has 0 heterocycles. The summed E-state index contributed by atoms with van der Waals surface area (Å²) in [5, 5.41) is 0. The Balaban J connectivity index is 0. The summed E-state index contributed by atoms with van der Waals surface area (Å²) in [6.07, 6.45) is 3.41. The zero-order valence-corrected chi connectivity index (χ0v) is 11.4. The number of rotatable bonds is 7. The number of carbonyl (C=O) groups is 1. The van der Waals surface area contributed by atoms with Crippen LogP contribution in [0.4, 0.5) is 4.39 Å². The van der Waals surface area contributed by atoms with E-state index in [2.05, 4.69) is 4.74 Å². The summed E-state index contributed by atoms with van der Waals surface area (Å²) in [4.78, 5) is 11.1. The highest BCUT2D eigenvalue weighted by Gasteiger charge is 2.15. The molecule has 0 aliphatic heterocycles. The molecule has 0 bridgehead atoms. The van der Waals surface area contributed by atoms with Gasteiger partial charge in [-0.3, -0.25) is 9.18 Å². The van der Waals surface area contributed by atoms with E-state index < -0.39 is 0 Å². The van der Waals surface area contributed by atoms with E-state index in [-0.39, 0.29) is 24.5 Å². The van der Waals surface area contributed by atoms with Crippen molar-refractivity contribution in [1.82, 2.24) is 0 Å². The van der Waals surface area contributed by atoms with Crippen molar-refractivity contribution >= 4 is 5.97 Å². The number of methoxy groups -OCH3 is 1. The highest BCUT2D eigenvalue weighted by atomic mass is 19.1. The van der Waals surface area contributed by atoms with Crippen molar-refractivity contribution in [2.45, 2.75) is 53.4 Å². The van der Waals surface area contributed by atoms with Crippen LogP contribution >= 0.6 is 0 Å². The molecule has 2 unspecified atom stereocenters. The summed E-state index contributed by atoms with van der Waals surface area (Å²) in [6.45, 7) is 7.60. The molecule has 0 saturated carbocycles. The minimum absolute atomic E-state index is 0.106. The zero-order chi connectivity index (χ0) is 13.0. The van der Waals surface area contributed by atoms with Crippen molar-refractivity contribution in [2.75, 3.05) is 13.8 Å². The second kappa shape index (κ2) is 12.5. The van der Waals surface area contributed by atoms with Crippen LogP contribution < -0.4 is 0 Å². The van der Waals surface area contributed by atoms with Gasteiger partial charge in [0.2, 0.25) is 0 Å². The molecular formula is C13H27FO2. The molecule has 98 valence electrons. The van der Waals surface area contributed by atoms with Crippen molar-refractivity contribution in [1.29, 1.82) is 0 Å². The quantitative estimate of drug-likeness (QED) is 0.623. The Hall–Kier alpha value is -0.600. The third kappa shape index (κ3) is 8.69. The van der Waals surface area contributed by atoms with E-state index in [1.807, 2.05) is 27.7 Å². The molecular weight excluding hydrogens is 207 g/mol. The number of alkyl halides is 1. The van der Waals surface area contributed by atoms with Gasteiger partial charge in [-0.1, -0.05) is 34.1 Å². The molecule has 2 atom stereocenters. The van der Waals surface area contributed by atoms with Gasteiger partial charge in [-0.2, -0.15) is 0 Å². The third-order valence-corrected chi connectivity index (χ3v) is 2.53. The molecule has 0 aromatic carbocycles. The van der Waals surface area contributed by atoms with Gasteiger partial charge in [0.1, 0.15) is 0 Å². The van der Waals surface area contributed by atoms with Crippen molar-refractivity contribution in [3.63, 3.8) is 0 Å². The first-order valence-electron chi connectivity index (χ1n) is 6.29. The van der Waals surface area contributed by atoms with Crippen LogP contribution in [0.5, 0.6) is 0 Å². The lowest BCUT2D eigenvalue weighted by Crippen LogP contribution is -2.14. The van der Waals surface area contributed by atoms with Gasteiger partial charge in [0.15, 0.2) is 0 Å². The Morgan fingerprint density at radius 2 is 1.81 bits per heavy atom. The number of carbonyl (C=O) groups excluding carboxylic acids is 1. The van der Waals surface area contributed by atoms with Crippen LogP contribution in [-0.2, 0) is 9.53 Å². The number of hydrogen-bond acceptors (Lipinski definition) is 2. The van der Waals surface area contributed by atoms with Crippen molar-refractivity contribution in [2.24, 2.45) is 11.8 Å². The van der Waals surface area contributed by atoms with E-state index in [1.165, 1.54) is 7.11 Å². The van der Waals surface area contributed by atoms with Crippen LogP contribution in [0.2, 0.25) is 0 Å². The lowest BCUT2D eigenvalue weighted by molar-refractivity contribution is -0.145. The Morgan fingerprint density at radius 3 is 2.19 bits per heavy atom. The van der Waals surface area contributed by atoms with Crippen molar-refractivity contribution in [3.05, 3.63) is 0 Å². The van der Waals surface area contributed by atoms with Crippen molar-refractivity contribution < 1.29 is 13.9 Å². The minimum Gasteiger partial charge on any atom is -0.469 e. The van der Waals surface area contributed by atoms with Gasteiger partial charge in [-0.05, 0) is 25.2 Å². The average Bonchev–Trinajstić information content (AvgIpc) is 2.35. The van der Waals surface area contributed by atoms with Gasteiger partial charge < -0.3 is 4.74 Å². The second-order valence-corrected chi connectivity index (χ2v) is 3.81. The standard InChI is InChI=1S/C11H21FO2.C2H6/c1-4-5-10(8-12)7-6-9(2)11(13)14-3;1-2/h9-10H,4-8H2,1-3H3;1-2H3. The maximum absolute atomic E-state index is 12.5. The van der Waals surface area contributed by atoms with Gasteiger partial charge in [0.05, 0.1) is 19.7 Å². The van der Waals surface area contributed by atoms with E-state index in [4.69, 9.17) is 0 Å². The predicted octanol–water partition coefficient (Wildman–Crippen LogP) is 3.99. The molecule has 0 spiro atoms. The summed E-state index contributed by atoms with van der Waals surface area (Å²) in [7, 11) is 1.39. The molecule has 0 rings (SSSR count). The molecule has 0 aromatic rings. The molecule has 0 saturated heterocycles. The van der Waals surface area contributed by atoms with Crippen molar-refractivity contribution in [3.8, 4) is 0 Å². The second-order valence-electron chi connectivity index (χ2n) is 3.81. The van der Waals surface area contributed by atoms with Gasteiger partial charge in [0.25, 0.3) is 0 Å². The number of hydrogen-bond donors (Lipinski definition) is 0. The average molecular weight is 234 g/mol. The summed E-state index contributed by atoms with van der Waals surface area (Å²) in [6, 6.07) is 0. The lowest BCUT2D eigenvalue weighted by Gasteiger charge is -2.14. The fraction of sp³-hybridized carbons (Fsp3) is 0.923. The molecule has 0 aliphatic carbocycles. The van der Waals surface area contributed by atoms with E-state index in [9.17, 15) is 9.18 Å². The molecule has 0 aliphatic rings. The number of halogens is 1. The maximum Gasteiger partial charge on any atom is 0.308 e. The summed E-state index contributed by atoms with van der Waals surface area (Å²) in [5.41, 5.74) is 0. The fourth-order valence-corrected chi connectivity index (χ4v) is 1.51. The van der Waals surface area contributed by atoms with Gasteiger partial charge in [-0.15, -0.1) is 0 Å². The first-order valence-corrected chi connectivity index (χ1v) is 6.29. The van der Waals surface area contributed by atoms with E-state index >= 15 is 0 Å². The van der Waals surface area contributed by atoms with Crippen LogP contribution in [-0.4, -0.2) is 19.8 Å². The largest absolute Gasteiger partial charge is 0.469 e. The smallest absolute Gasteiger partial charge is 0.308 e. The van der Waals surface area contributed by atoms with Crippen LogP contribution in [0.15, 0.2) is 0 Å². The Labute approximate surface area is 99.6 Å². The van der Waals surface area contributed by atoms with Crippen LogP contribution in [0.3, 0.4) is 0 Å². The topological polar surface area (TPSA) is 26.3 Å². The first-order chi connectivity index (χ1) is 7.65. The van der Waals surface area contributed by atoms with Gasteiger partial charge in [0, 0.05) is 0 Å². The molecule has 0 radical (unpaired) electrons. The molecule has 0 fully saturated rings. The Morgan fingerprint density at radius 1 is 1.25 bits per heavy atom. The molecule has 0 N–H and O–H groups in total. The van der Waals surface area contributed by atoms with E-state index in [1.54, 1.807) is 0 Å². The van der Waals surface area contributed by atoms with Crippen LogP contribution in [0, 0.1) is 11.8 Å². The number of esters is 1. The molecule has 16 heavy (non-hydrogen) atoms. The lowest BCUT2D eigenvalue weighted by atomic mass is 9.94. The van der Waals surface area contributed by atoms with E-state index in [0.717, 1.165) is 25.7 Å². The first kappa shape index (κ1) is 17.8. The zero-order valence-electron chi connectivity index (χ0n) is 11.4. The van der Waals surface area contributed by atoms with E-state index in [0.29, 0.717) is 0 Å². The molecule has 2 nitrogen and oxygen atoms in total. The van der Waals surface area contributed by atoms with Crippen LogP contribution in [0.1, 0.15) is 53.4 Å². The SMILES string of the molecule is CC.CCCC(CF)CCC(C)C(=O)OC. The van der Waals surface area contributed by atoms with Gasteiger partial charge in [-0.25, -0.2) is 0 Å². The summed E-state index contributed by atoms with van der Waals surface area (Å²) >= 11 is 0. The third-order valence-electron chi connectivity index (χ3n) is 2.53. The predicted molar refractivity (Wildman–Crippen MR) is 66.1 cm³/mol. The Kier molecular flexibility index (Phi) is 13.9.